The summed E-state index contributed by atoms with van der Waals surface area (Å²) in [6.07, 6.45) is 2.18. The number of non-ortho nitro benzene ring substituents is 1. The van der Waals surface area contributed by atoms with Crippen molar-refractivity contribution < 1.29 is 33.7 Å². The van der Waals surface area contributed by atoms with Crippen LogP contribution in [0.4, 0.5) is 11.4 Å². The Bertz CT molecular complexity index is 1240. The number of benzene rings is 1. The molecule has 0 saturated carbocycles. The first kappa shape index (κ1) is 32.1. The number of amides is 5. The van der Waals surface area contributed by atoms with E-state index < -0.39 is 63.9 Å². The molecule has 15 heteroatoms. The monoisotopic (exact) mass is 587 g/mol. The van der Waals surface area contributed by atoms with Crippen molar-refractivity contribution in [3.8, 4) is 0 Å². The molecule has 42 heavy (non-hydrogen) atoms. The number of nitro benzene ring substituents is 1. The van der Waals surface area contributed by atoms with Crippen LogP contribution in [0.2, 0.25) is 0 Å². The highest BCUT2D eigenvalue weighted by molar-refractivity contribution is 6.15. The molecule has 0 bridgehead atoms. The van der Waals surface area contributed by atoms with Crippen LogP contribution in [0.3, 0.4) is 0 Å². The van der Waals surface area contributed by atoms with Crippen molar-refractivity contribution in [2.75, 3.05) is 18.4 Å². The first-order valence-electron chi connectivity index (χ1n) is 13.9. The normalized spacial score (nSPS) is 21.6. The molecule has 2 fully saturated rings. The van der Waals surface area contributed by atoms with Crippen molar-refractivity contribution in [2.24, 2.45) is 5.73 Å². The molecule has 2 saturated heterocycles. The van der Waals surface area contributed by atoms with Crippen molar-refractivity contribution in [1.82, 2.24) is 20.9 Å². The minimum absolute atomic E-state index is 0.0140. The molecule has 0 radical (unpaired) electrons. The Morgan fingerprint density at radius 3 is 2.48 bits per heavy atom. The Hall–Kier alpha value is -4.40. The number of nitro groups is 1. The molecule has 2 aliphatic rings. The summed E-state index contributed by atoms with van der Waals surface area (Å²) in [6.45, 7) is 3.36. The van der Waals surface area contributed by atoms with Crippen molar-refractivity contribution in [3.05, 3.63) is 34.4 Å². The fourth-order valence-electron chi connectivity index (χ4n) is 4.95. The van der Waals surface area contributed by atoms with Gasteiger partial charge in [0.2, 0.25) is 23.6 Å². The second-order valence-corrected chi connectivity index (χ2v) is 10.6. The molecule has 5 amide bonds. The fraction of sp³-hybridized carbons (Fsp3) is 0.556. The molecule has 1 aromatic carbocycles. The van der Waals surface area contributed by atoms with Crippen LogP contribution < -0.4 is 27.0 Å². The van der Waals surface area contributed by atoms with Crippen LogP contribution in [0.5, 0.6) is 0 Å². The summed E-state index contributed by atoms with van der Waals surface area (Å²) in [7, 11) is 0. The van der Waals surface area contributed by atoms with Gasteiger partial charge in [0, 0.05) is 37.2 Å². The minimum atomic E-state index is -1.79. The van der Waals surface area contributed by atoms with E-state index in [0.29, 0.717) is 37.9 Å². The minimum Gasteiger partial charge on any atom is -0.343 e. The van der Waals surface area contributed by atoms with Crippen molar-refractivity contribution in [1.29, 1.82) is 0 Å². The second kappa shape index (κ2) is 14.0. The SMILES string of the molecule is C[C@H](NC(=O)[C@]1(C)NC(=O)CCC1=O)C(=O)N1CCC[C@H]1C(=O)N[C@@H](CCCCN)C(=O)Nc1ccc([N+](=O)[O-])cc1. The van der Waals surface area contributed by atoms with Gasteiger partial charge in [-0.3, -0.25) is 38.9 Å². The van der Waals surface area contributed by atoms with Crippen LogP contribution in [0, 0.1) is 10.1 Å². The van der Waals surface area contributed by atoms with Crippen molar-refractivity contribution >= 4 is 46.7 Å². The topological polar surface area (TPSA) is 223 Å². The lowest BCUT2D eigenvalue weighted by molar-refractivity contribution is -0.384. The van der Waals surface area contributed by atoms with Gasteiger partial charge >= 0.3 is 0 Å². The third kappa shape index (κ3) is 7.66. The number of Topliss-reactive ketones (excluding diaryl/α,β-unsaturated/α-hetero) is 1. The average Bonchev–Trinajstić information content (AvgIpc) is 3.44. The Kier molecular flexibility index (Phi) is 10.7. The number of unbranched alkanes of at least 4 members (excludes halogenated alkanes) is 1. The average molecular weight is 588 g/mol. The van der Waals surface area contributed by atoms with E-state index in [0.717, 1.165) is 0 Å². The van der Waals surface area contributed by atoms with Gasteiger partial charge in [-0.05, 0) is 64.6 Å². The molecule has 3 rings (SSSR count). The maximum atomic E-state index is 13.3. The van der Waals surface area contributed by atoms with Gasteiger partial charge in [0.1, 0.15) is 18.1 Å². The molecule has 4 atom stereocenters. The number of anilines is 1. The maximum absolute atomic E-state index is 13.3. The van der Waals surface area contributed by atoms with Gasteiger partial charge in [-0.25, -0.2) is 0 Å². The molecule has 2 heterocycles. The van der Waals surface area contributed by atoms with Crippen molar-refractivity contribution in [2.45, 2.75) is 82.5 Å². The molecule has 6 N–H and O–H groups in total. The highest BCUT2D eigenvalue weighted by Gasteiger charge is 2.46. The number of hydrogen-bond acceptors (Lipinski definition) is 9. The second-order valence-electron chi connectivity index (χ2n) is 10.6. The van der Waals surface area contributed by atoms with Gasteiger partial charge in [-0.15, -0.1) is 0 Å². The Labute approximate surface area is 242 Å². The number of nitrogens with zero attached hydrogens (tertiary/aromatic N) is 2. The summed E-state index contributed by atoms with van der Waals surface area (Å²) in [6, 6.07) is 2.31. The van der Waals surface area contributed by atoms with E-state index in [1.165, 1.54) is 43.0 Å². The first-order chi connectivity index (χ1) is 19.9. The number of nitrogens with one attached hydrogen (secondary N) is 4. The summed E-state index contributed by atoms with van der Waals surface area (Å²) in [5.74, 6) is -3.35. The predicted molar refractivity (Wildman–Crippen MR) is 150 cm³/mol. The van der Waals surface area contributed by atoms with E-state index in [4.69, 9.17) is 5.73 Å². The van der Waals surface area contributed by atoms with Crippen LogP contribution in [0.25, 0.3) is 0 Å². The molecule has 0 unspecified atom stereocenters. The Morgan fingerprint density at radius 2 is 1.83 bits per heavy atom. The number of piperidine rings is 1. The van der Waals surface area contributed by atoms with E-state index in [9.17, 15) is 38.9 Å². The zero-order valence-corrected chi connectivity index (χ0v) is 23.6. The lowest BCUT2D eigenvalue weighted by Crippen LogP contribution is -2.66. The van der Waals surface area contributed by atoms with Gasteiger partial charge < -0.3 is 31.9 Å². The summed E-state index contributed by atoms with van der Waals surface area (Å²) in [5.41, 5.74) is 3.96. The highest BCUT2D eigenvalue weighted by atomic mass is 16.6. The smallest absolute Gasteiger partial charge is 0.269 e. The van der Waals surface area contributed by atoms with E-state index in [-0.39, 0.29) is 31.5 Å². The van der Waals surface area contributed by atoms with E-state index in [1.807, 2.05) is 0 Å². The highest BCUT2D eigenvalue weighted by Crippen LogP contribution is 2.21. The molecule has 0 spiro atoms. The van der Waals surface area contributed by atoms with Gasteiger partial charge in [-0.2, -0.15) is 0 Å². The van der Waals surface area contributed by atoms with E-state index >= 15 is 0 Å². The molecule has 2 aliphatic heterocycles. The number of nitrogens with two attached hydrogens (primary N) is 1. The summed E-state index contributed by atoms with van der Waals surface area (Å²) in [4.78, 5) is 88.4. The third-order valence-electron chi connectivity index (χ3n) is 7.46. The number of ketones is 1. The van der Waals surface area contributed by atoms with Crippen LogP contribution in [0.15, 0.2) is 24.3 Å². The molecular weight excluding hydrogens is 550 g/mol. The lowest BCUT2D eigenvalue weighted by Gasteiger charge is -2.33. The summed E-state index contributed by atoms with van der Waals surface area (Å²) in [5, 5.41) is 21.2. The van der Waals surface area contributed by atoms with Crippen LogP contribution >= 0.6 is 0 Å². The Morgan fingerprint density at radius 1 is 1.14 bits per heavy atom. The standard InChI is InChI=1S/C27H37N7O8/c1-16(29-26(40)27(2)21(35)12-13-22(36)32-27)25(39)33-15-5-7-20(33)24(38)31-19(6-3-4-14-28)23(37)30-17-8-10-18(11-9-17)34(41)42/h8-11,16,19-20H,3-7,12-15,28H2,1-2H3,(H,29,40)(H,30,37)(H,31,38)(H,32,36)/t16-,19-,20-,27+/m0/s1. The number of rotatable bonds is 12. The summed E-state index contributed by atoms with van der Waals surface area (Å²) < 4.78 is 0. The van der Waals surface area contributed by atoms with Crippen LogP contribution in [-0.4, -0.2) is 81.9 Å². The van der Waals surface area contributed by atoms with E-state index in [2.05, 4.69) is 21.3 Å². The molecule has 15 nitrogen and oxygen atoms in total. The molecule has 1 aromatic rings. The van der Waals surface area contributed by atoms with Crippen LogP contribution in [0.1, 0.15) is 58.8 Å². The third-order valence-corrected chi connectivity index (χ3v) is 7.46. The Balaban J connectivity index is 1.66. The molecule has 228 valence electrons. The van der Waals surface area contributed by atoms with E-state index in [1.54, 1.807) is 0 Å². The van der Waals surface area contributed by atoms with Gasteiger partial charge in [0.25, 0.3) is 11.6 Å². The van der Waals surface area contributed by atoms with Crippen LogP contribution in [-0.2, 0) is 28.8 Å². The van der Waals surface area contributed by atoms with Gasteiger partial charge in [0.15, 0.2) is 11.3 Å². The van der Waals surface area contributed by atoms with Gasteiger partial charge in [0.05, 0.1) is 4.92 Å². The maximum Gasteiger partial charge on any atom is 0.269 e. The summed E-state index contributed by atoms with van der Waals surface area (Å²) >= 11 is 0. The van der Waals surface area contributed by atoms with Crippen molar-refractivity contribution in [3.63, 3.8) is 0 Å². The molecule has 0 aliphatic carbocycles. The zero-order chi connectivity index (χ0) is 31.0. The number of carbonyl (C=O) groups is 6. The molecular formula is C27H37N7O8. The fourth-order valence-corrected chi connectivity index (χ4v) is 4.95. The molecule has 0 aromatic heterocycles. The number of carbonyl (C=O) groups excluding carboxylic acids is 6. The number of hydrogen-bond donors (Lipinski definition) is 5. The number of likely N-dealkylation sites (tertiary alicyclic amines) is 1. The lowest BCUT2D eigenvalue weighted by atomic mass is 9.88. The zero-order valence-electron chi connectivity index (χ0n) is 23.6. The quantitative estimate of drug-likeness (QED) is 0.0950. The first-order valence-corrected chi connectivity index (χ1v) is 13.9. The largest absolute Gasteiger partial charge is 0.343 e. The predicted octanol–water partition coefficient (Wildman–Crippen LogP) is -0.119. The van der Waals surface area contributed by atoms with Gasteiger partial charge in [-0.1, -0.05) is 0 Å².